The van der Waals surface area contributed by atoms with E-state index in [-0.39, 0.29) is 12.4 Å². The molecule has 8 heteroatoms. The predicted molar refractivity (Wildman–Crippen MR) is 54.3 cm³/mol. The summed E-state index contributed by atoms with van der Waals surface area (Å²) in [6.45, 7) is 0.711. The molecule has 3 N–H and O–H groups in total. The molecule has 0 amide bonds. The minimum Gasteiger partial charge on any atom is -0.391 e. The maximum atomic E-state index is 12.5. The number of nitrogens with zero attached hydrogens (tertiary/aromatic N) is 3. The first-order valence-electron chi connectivity index (χ1n) is 5.01. The first-order chi connectivity index (χ1) is 7.86. The van der Waals surface area contributed by atoms with Crippen molar-refractivity contribution in [2.75, 3.05) is 23.7 Å². The molecule has 1 aliphatic rings. The molecule has 0 aromatic carbocycles. The van der Waals surface area contributed by atoms with Crippen LogP contribution in [0.2, 0.25) is 0 Å². The highest BCUT2D eigenvalue weighted by molar-refractivity contribution is 5.45. The maximum absolute atomic E-state index is 12.5. The molecule has 1 fully saturated rings. The van der Waals surface area contributed by atoms with E-state index in [2.05, 4.69) is 9.97 Å². The molecule has 2 heterocycles. The van der Waals surface area contributed by atoms with Crippen molar-refractivity contribution in [2.24, 2.45) is 0 Å². The Hall–Kier alpha value is -1.57. The first kappa shape index (κ1) is 11.9. The number of aliphatic hydroxyl groups excluding tert-OH is 1. The molecule has 0 bridgehead atoms. The number of aromatic nitrogens is 2. The molecule has 0 radical (unpaired) electrons. The molecule has 2 rings (SSSR count). The van der Waals surface area contributed by atoms with Crippen LogP contribution in [-0.2, 0) is 6.18 Å². The third-order valence-electron chi connectivity index (χ3n) is 2.51. The number of anilines is 2. The van der Waals surface area contributed by atoms with E-state index < -0.39 is 23.9 Å². The zero-order valence-electron chi connectivity index (χ0n) is 8.78. The van der Waals surface area contributed by atoms with Crippen LogP contribution in [0.25, 0.3) is 0 Å². The van der Waals surface area contributed by atoms with Crippen LogP contribution in [0.3, 0.4) is 0 Å². The van der Waals surface area contributed by atoms with Gasteiger partial charge in [0.2, 0.25) is 5.95 Å². The van der Waals surface area contributed by atoms with Gasteiger partial charge in [0.05, 0.1) is 6.10 Å². The summed E-state index contributed by atoms with van der Waals surface area (Å²) in [5.41, 5.74) is 4.18. The van der Waals surface area contributed by atoms with Crippen molar-refractivity contribution in [2.45, 2.75) is 18.7 Å². The smallest absolute Gasteiger partial charge is 0.391 e. The Bertz CT molecular complexity index is 423. The van der Waals surface area contributed by atoms with E-state index in [1.54, 1.807) is 4.90 Å². The van der Waals surface area contributed by atoms with Crippen LogP contribution in [0.15, 0.2) is 6.07 Å². The minimum absolute atomic E-state index is 0.0985. The Morgan fingerprint density at radius 1 is 1.41 bits per heavy atom. The molecule has 17 heavy (non-hydrogen) atoms. The lowest BCUT2D eigenvalue weighted by Gasteiger charge is -2.18. The summed E-state index contributed by atoms with van der Waals surface area (Å²) in [5, 5.41) is 9.32. The van der Waals surface area contributed by atoms with E-state index in [1.165, 1.54) is 0 Å². The Morgan fingerprint density at radius 3 is 2.65 bits per heavy atom. The molecule has 0 saturated carbocycles. The lowest BCUT2D eigenvalue weighted by Crippen LogP contribution is -2.24. The standard InChI is InChI=1S/C9H11F3N4O/c10-9(11,12)6-3-7(15-8(13)14-6)16-2-1-5(17)4-16/h3,5,17H,1-2,4H2,(H2,13,14,15). The summed E-state index contributed by atoms with van der Waals surface area (Å²) < 4.78 is 37.5. The molecule has 1 unspecified atom stereocenters. The number of hydrogen-bond donors (Lipinski definition) is 2. The van der Waals surface area contributed by atoms with Gasteiger partial charge in [-0.15, -0.1) is 0 Å². The van der Waals surface area contributed by atoms with Crippen molar-refractivity contribution in [1.29, 1.82) is 0 Å². The normalized spacial score (nSPS) is 20.9. The van der Waals surface area contributed by atoms with Crippen molar-refractivity contribution in [3.8, 4) is 0 Å². The van der Waals surface area contributed by atoms with Gasteiger partial charge in [-0.1, -0.05) is 0 Å². The Kier molecular flexibility index (Phi) is 2.82. The highest BCUT2D eigenvalue weighted by atomic mass is 19.4. The highest BCUT2D eigenvalue weighted by Crippen LogP contribution is 2.30. The van der Waals surface area contributed by atoms with Gasteiger partial charge in [0.1, 0.15) is 5.82 Å². The van der Waals surface area contributed by atoms with Crippen LogP contribution in [0.1, 0.15) is 12.1 Å². The fourth-order valence-electron chi connectivity index (χ4n) is 1.71. The summed E-state index contributed by atoms with van der Waals surface area (Å²) in [7, 11) is 0. The number of nitrogen functional groups attached to an aromatic ring is 1. The van der Waals surface area contributed by atoms with E-state index in [0.29, 0.717) is 13.0 Å². The summed E-state index contributed by atoms with van der Waals surface area (Å²) in [6.07, 6.45) is -4.59. The van der Waals surface area contributed by atoms with Gasteiger partial charge >= 0.3 is 6.18 Å². The molecule has 1 aromatic rings. The lowest BCUT2D eigenvalue weighted by molar-refractivity contribution is -0.141. The minimum atomic E-state index is -4.55. The van der Waals surface area contributed by atoms with Gasteiger partial charge in [0.15, 0.2) is 5.69 Å². The second-order valence-electron chi connectivity index (χ2n) is 3.86. The molecular formula is C9H11F3N4O. The monoisotopic (exact) mass is 248 g/mol. The summed E-state index contributed by atoms with van der Waals surface area (Å²) in [6, 6.07) is 0.842. The molecule has 0 aliphatic carbocycles. The van der Waals surface area contributed by atoms with Crippen LogP contribution < -0.4 is 10.6 Å². The Labute approximate surface area is 95.1 Å². The summed E-state index contributed by atoms with van der Waals surface area (Å²) in [4.78, 5) is 8.45. The van der Waals surface area contributed by atoms with Gasteiger partial charge in [-0.3, -0.25) is 0 Å². The van der Waals surface area contributed by atoms with Crippen LogP contribution >= 0.6 is 0 Å². The van der Waals surface area contributed by atoms with Crippen molar-refractivity contribution in [3.05, 3.63) is 11.8 Å². The number of hydrogen-bond acceptors (Lipinski definition) is 5. The second-order valence-corrected chi connectivity index (χ2v) is 3.86. The predicted octanol–water partition coefficient (Wildman–Crippen LogP) is 0.649. The van der Waals surface area contributed by atoms with Crippen molar-refractivity contribution in [3.63, 3.8) is 0 Å². The summed E-state index contributed by atoms with van der Waals surface area (Å²) in [5.74, 6) is -0.322. The number of halogens is 3. The molecular weight excluding hydrogens is 237 g/mol. The number of alkyl halides is 3. The van der Waals surface area contributed by atoms with Gasteiger partial charge < -0.3 is 15.7 Å². The third-order valence-corrected chi connectivity index (χ3v) is 2.51. The average molecular weight is 248 g/mol. The van der Waals surface area contributed by atoms with Gasteiger partial charge in [0, 0.05) is 19.2 Å². The highest BCUT2D eigenvalue weighted by Gasteiger charge is 2.34. The third kappa shape index (κ3) is 2.57. The van der Waals surface area contributed by atoms with Crippen LogP contribution in [0, 0.1) is 0 Å². The number of rotatable bonds is 1. The quantitative estimate of drug-likeness (QED) is 0.763. The maximum Gasteiger partial charge on any atom is 0.433 e. The van der Waals surface area contributed by atoms with E-state index in [1.807, 2.05) is 0 Å². The van der Waals surface area contributed by atoms with Crippen molar-refractivity contribution < 1.29 is 18.3 Å². The van der Waals surface area contributed by atoms with E-state index in [0.717, 1.165) is 6.07 Å². The zero-order chi connectivity index (χ0) is 12.6. The topological polar surface area (TPSA) is 75.3 Å². The Morgan fingerprint density at radius 2 is 2.12 bits per heavy atom. The lowest BCUT2D eigenvalue weighted by atomic mass is 10.3. The van der Waals surface area contributed by atoms with Gasteiger partial charge in [-0.25, -0.2) is 4.98 Å². The first-order valence-corrected chi connectivity index (χ1v) is 5.01. The van der Waals surface area contributed by atoms with Crippen molar-refractivity contribution in [1.82, 2.24) is 9.97 Å². The fraction of sp³-hybridized carbons (Fsp3) is 0.556. The van der Waals surface area contributed by atoms with Gasteiger partial charge in [0.25, 0.3) is 0 Å². The summed E-state index contributed by atoms with van der Waals surface area (Å²) >= 11 is 0. The number of aliphatic hydroxyl groups is 1. The van der Waals surface area contributed by atoms with Crippen LogP contribution in [0.5, 0.6) is 0 Å². The van der Waals surface area contributed by atoms with Gasteiger partial charge in [-0.2, -0.15) is 18.2 Å². The van der Waals surface area contributed by atoms with Crippen LogP contribution in [-0.4, -0.2) is 34.3 Å². The molecule has 1 aromatic heterocycles. The molecule has 5 nitrogen and oxygen atoms in total. The fourth-order valence-corrected chi connectivity index (χ4v) is 1.71. The molecule has 1 saturated heterocycles. The SMILES string of the molecule is Nc1nc(N2CCC(O)C2)cc(C(F)(F)F)n1. The molecule has 94 valence electrons. The Balaban J connectivity index is 2.32. The second kappa shape index (κ2) is 4.02. The van der Waals surface area contributed by atoms with E-state index >= 15 is 0 Å². The van der Waals surface area contributed by atoms with Gasteiger partial charge in [-0.05, 0) is 6.42 Å². The van der Waals surface area contributed by atoms with E-state index in [4.69, 9.17) is 5.73 Å². The van der Waals surface area contributed by atoms with Crippen LogP contribution in [0.4, 0.5) is 24.9 Å². The average Bonchev–Trinajstić information content (AvgIpc) is 2.62. The molecule has 1 aliphatic heterocycles. The largest absolute Gasteiger partial charge is 0.433 e. The zero-order valence-corrected chi connectivity index (χ0v) is 8.78. The molecule has 0 spiro atoms. The molecule has 1 atom stereocenters. The van der Waals surface area contributed by atoms with E-state index in [9.17, 15) is 18.3 Å². The number of nitrogens with two attached hydrogens (primary N) is 1. The number of β-amino-alcohol motifs (C(OH)–C–C–N with tert-alkyl or cyclic N) is 1. The van der Waals surface area contributed by atoms with Crippen molar-refractivity contribution >= 4 is 11.8 Å².